The first-order valence-electron chi connectivity index (χ1n) is 8.28. The Labute approximate surface area is 147 Å². The zero-order chi connectivity index (χ0) is 18.3. The summed E-state index contributed by atoms with van der Waals surface area (Å²) >= 11 is 0. The van der Waals surface area contributed by atoms with Crippen molar-refractivity contribution in [2.24, 2.45) is 5.41 Å². The molecule has 6 heteroatoms. The molecule has 1 aliphatic heterocycles. The van der Waals surface area contributed by atoms with Crippen LogP contribution in [0.25, 0.3) is 0 Å². The van der Waals surface area contributed by atoms with Crippen LogP contribution in [0.2, 0.25) is 0 Å². The van der Waals surface area contributed by atoms with Gasteiger partial charge in [0.2, 0.25) is 0 Å². The van der Waals surface area contributed by atoms with E-state index >= 15 is 0 Å². The number of para-hydroxylation sites is 1. The SMILES string of the molecule is C[C@]1(C(=O)O)C=CC=C(C(=O)O)C1.c1ccc(N2CCNCC2)cc1. The van der Waals surface area contributed by atoms with E-state index in [-0.39, 0.29) is 12.0 Å². The molecule has 0 unspecified atom stereocenters. The summed E-state index contributed by atoms with van der Waals surface area (Å²) in [7, 11) is 0. The minimum Gasteiger partial charge on any atom is -0.481 e. The molecule has 3 N–H and O–H groups in total. The van der Waals surface area contributed by atoms with Gasteiger partial charge < -0.3 is 20.4 Å². The lowest BCUT2D eigenvalue weighted by Crippen LogP contribution is -2.43. The van der Waals surface area contributed by atoms with E-state index in [9.17, 15) is 9.59 Å². The average Bonchev–Trinajstić information content (AvgIpc) is 2.64. The first-order valence-corrected chi connectivity index (χ1v) is 8.28. The largest absolute Gasteiger partial charge is 0.481 e. The van der Waals surface area contributed by atoms with Gasteiger partial charge in [-0.25, -0.2) is 4.79 Å². The van der Waals surface area contributed by atoms with Crippen LogP contribution in [0.5, 0.6) is 0 Å². The van der Waals surface area contributed by atoms with Crippen LogP contribution >= 0.6 is 0 Å². The number of benzene rings is 1. The van der Waals surface area contributed by atoms with Gasteiger partial charge in [-0.2, -0.15) is 0 Å². The summed E-state index contributed by atoms with van der Waals surface area (Å²) in [5.41, 5.74) is 0.397. The molecule has 1 aliphatic carbocycles. The molecule has 2 aliphatic rings. The summed E-state index contributed by atoms with van der Waals surface area (Å²) in [6.07, 6.45) is 4.43. The van der Waals surface area contributed by atoms with E-state index in [1.165, 1.54) is 30.8 Å². The third-order valence-electron chi connectivity index (χ3n) is 4.32. The minimum absolute atomic E-state index is 0.0359. The van der Waals surface area contributed by atoms with Gasteiger partial charge in [0, 0.05) is 37.4 Å². The molecule has 1 heterocycles. The fraction of sp³-hybridized carbons (Fsp3) is 0.368. The summed E-state index contributed by atoms with van der Waals surface area (Å²) in [5.74, 6) is -2.06. The molecule has 0 spiro atoms. The summed E-state index contributed by atoms with van der Waals surface area (Å²) in [6, 6.07) is 10.6. The number of hydrogen-bond acceptors (Lipinski definition) is 4. The molecule has 0 saturated carbocycles. The van der Waals surface area contributed by atoms with E-state index in [0.717, 1.165) is 26.2 Å². The number of piperazine rings is 1. The molecule has 6 nitrogen and oxygen atoms in total. The van der Waals surface area contributed by atoms with E-state index in [2.05, 4.69) is 40.5 Å². The number of nitrogens with zero attached hydrogens (tertiary/aromatic N) is 1. The summed E-state index contributed by atoms with van der Waals surface area (Å²) < 4.78 is 0. The summed E-state index contributed by atoms with van der Waals surface area (Å²) in [4.78, 5) is 23.8. The highest BCUT2D eigenvalue weighted by Gasteiger charge is 2.34. The van der Waals surface area contributed by atoms with Crippen molar-refractivity contribution in [3.8, 4) is 0 Å². The average molecular weight is 344 g/mol. The number of nitrogens with one attached hydrogen (secondary N) is 1. The molecule has 1 fully saturated rings. The maximum atomic E-state index is 10.8. The van der Waals surface area contributed by atoms with Crippen LogP contribution in [0.3, 0.4) is 0 Å². The Kier molecular flexibility index (Phi) is 6.36. The third kappa shape index (κ3) is 5.19. The number of carboxylic acids is 2. The summed E-state index contributed by atoms with van der Waals surface area (Å²) in [5, 5.41) is 20.8. The second kappa shape index (κ2) is 8.48. The van der Waals surface area contributed by atoms with Crippen LogP contribution < -0.4 is 10.2 Å². The maximum absolute atomic E-state index is 10.8. The van der Waals surface area contributed by atoms with Gasteiger partial charge in [0.15, 0.2) is 0 Å². The molecule has 0 amide bonds. The van der Waals surface area contributed by atoms with Gasteiger partial charge in [0.1, 0.15) is 0 Å². The standard InChI is InChI=1S/C10H14N2.C9H10O4/c1-2-4-10(5-3-1)12-8-6-11-7-9-12;1-9(8(12)13)4-2-3-6(5-9)7(10)11/h1-5,11H,6-9H2;2-4H,5H2,1H3,(H,10,11)(H,12,13)/t;9-/m.0/s1. The third-order valence-corrected chi connectivity index (χ3v) is 4.32. The Balaban J connectivity index is 0.000000181. The van der Waals surface area contributed by atoms with Crippen molar-refractivity contribution in [1.82, 2.24) is 5.32 Å². The van der Waals surface area contributed by atoms with Crippen LogP contribution in [0.1, 0.15) is 13.3 Å². The van der Waals surface area contributed by atoms with Crippen LogP contribution in [-0.2, 0) is 9.59 Å². The number of allylic oxidation sites excluding steroid dienone is 2. The maximum Gasteiger partial charge on any atom is 0.331 e. The van der Waals surface area contributed by atoms with Crippen LogP contribution in [0.4, 0.5) is 5.69 Å². The highest BCUT2D eigenvalue weighted by atomic mass is 16.4. The number of carbonyl (C=O) groups is 2. The second-order valence-corrected chi connectivity index (χ2v) is 6.33. The van der Waals surface area contributed by atoms with Crippen molar-refractivity contribution in [1.29, 1.82) is 0 Å². The van der Waals surface area contributed by atoms with Crippen molar-refractivity contribution in [3.63, 3.8) is 0 Å². The predicted molar refractivity (Wildman–Crippen MR) is 96.7 cm³/mol. The zero-order valence-electron chi connectivity index (χ0n) is 14.3. The lowest BCUT2D eigenvalue weighted by Gasteiger charge is -2.29. The Morgan fingerprint density at radius 1 is 1.12 bits per heavy atom. The van der Waals surface area contributed by atoms with E-state index in [0.29, 0.717) is 0 Å². The van der Waals surface area contributed by atoms with Gasteiger partial charge in [0.25, 0.3) is 0 Å². The first-order chi connectivity index (χ1) is 11.9. The van der Waals surface area contributed by atoms with Gasteiger partial charge in [-0.3, -0.25) is 4.79 Å². The van der Waals surface area contributed by atoms with Crippen LogP contribution in [0, 0.1) is 5.41 Å². The van der Waals surface area contributed by atoms with Gasteiger partial charge >= 0.3 is 11.9 Å². The highest BCUT2D eigenvalue weighted by Crippen LogP contribution is 2.31. The highest BCUT2D eigenvalue weighted by molar-refractivity contribution is 5.90. The second-order valence-electron chi connectivity index (χ2n) is 6.33. The van der Waals surface area contributed by atoms with E-state index < -0.39 is 17.4 Å². The van der Waals surface area contributed by atoms with Crippen molar-refractivity contribution in [3.05, 3.63) is 54.1 Å². The lowest BCUT2D eigenvalue weighted by molar-refractivity contribution is -0.145. The van der Waals surface area contributed by atoms with E-state index in [1.54, 1.807) is 0 Å². The number of aliphatic carboxylic acids is 2. The van der Waals surface area contributed by atoms with Crippen LogP contribution in [0.15, 0.2) is 54.1 Å². The molecule has 0 bridgehead atoms. The van der Waals surface area contributed by atoms with Crippen molar-refractivity contribution < 1.29 is 19.8 Å². The molecular weight excluding hydrogens is 320 g/mol. The molecule has 134 valence electrons. The molecule has 1 aromatic rings. The van der Waals surface area contributed by atoms with Crippen molar-refractivity contribution >= 4 is 17.6 Å². The topological polar surface area (TPSA) is 89.9 Å². The molecule has 1 aromatic carbocycles. The Hall–Kier alpha value is -2.60. The molecule has 1 saturated heterocycles. The number of hydrogen-bond donors (Lipinski definition) is 3. The Morgan fingerprint density at radius 2 is 1.76 bits per heavy atom. The van der Waals surface area contributed by atoms with Crippen molar-refractivity contribution in [2.75, 3.05) is 31.1 Å². The number of rotatable bonds is 3. The van der Waals surface area contributed by atoms with E-state index in [1.807, 2.05) is 0 Å². The molecule has 0 aromatic heterocycles. The number of anilines is 1. The predicted octanol–water partition coefficient (Wildman–Crippen LogP) is 2.14. The van der Waals surface area contributed by atoms with Gasteiger partial charge in [-0.1, -0.05) is 36.4 Å². The Bertz CT molecular complexity index is 663. The first kappa shape index (κ1) is 18.7. The van der Waals surface area contributed by atoms with E-state index in [4.69, 9.17) is 10.2 Å². The molecular formula is C19H24N2O4. The quantitative estimate of drug-likeness (QED) is 0.778. The molecule has 3 rings (SSSR count). The lowest BCUT2D eigenvalue weighted by atomic mass is 9.80. The Morgan fingerprint density at radius 3 is 2.32 bits per heavy atom. The smallest absolute Gasteiger partial charge is 0.331 e. The fourth-order valence-electron chi connectivity index (χ4n) is 2.75. The fourth-order valence-corrected chi connectivity index (χ4v) is 2.75. The molecule has 0 radical (unpaired) electrons. The molecule has 1 atom stereocenters. The molecule has 25 heavy (non-hydrogen) atoms. The zero-order valence-corrected chi connectivity index (χ0v) is 14.3. The van der Waals surface area contributed by atoms with Crippen LogP contribution in [-0.4, -0.2) is 48.3 Å². The minimum atomic E-state index is -1.08. The van der Waals surface area contributed by atoms with Gasteiger partial charge in [-0.05, 0) is 25.5 Å². The van der Waals surface area contributed by atoms with Gasteiger partial charge in [0.05, 0.1) is 5.41 Å². The summed E-state index contributed by atoms with van der Waals surface area (Å²) in [6.45, 7) is 5.97. The monoisotopic (exact) mass is 344 g/mol. The van der Waals surface area contributed by atoms with Gasteiger partial charge in [-0.15, -0.1) is 0 Å². The number of carboxylic acid groups (broad SMARTS) is 2. The van der Waals surface area contributed by atoms with Crippen molar-refractivity contribution in [2.45, 2.75) is 13.3 Å². The normalized spacial score (nSPS) is 22.4.